The first-order valence-electron chi connectivity index (χ1n) is 9.41. The molecule has 0 bridgehead atoms. The van der Waals surface area contributed by atoms with Crippen LogP contribution >= 0.6 is 11.8 Å². The van der Waals surface area contributed by atoms with Crippen molar-refractivity contribution in [2.24, 2.45) is 5.14 Å². The second-order valence-electron chi connectivity index (χ2n) is 6.88. The lowest BCUT2D eigenvalue weighted by Gasteiger charge is -2.21. The first-order chi connectivity index (χ1) is 14.7. The molecule has 3 aromatic carbocycles. The number of hydrogen-bond acceptors (Lipinski definition) is 4. The van der Waals surface area contributed by atoms with E-state index >= 15 is 4.39 Å². The van der Waals surface area contributed by atoms with Crippen molar-refractivity contribution in [1.82, 2.24) is 0 Å². The van der Waals surface area contributed by atoms with E-state index in [1.807, 2.05) is 30.3 Å². The Morgan fingerprint density at radius 2 is 1.52 bits per heavy atom. The standard InChI is InChI=1S/C22H21F3N2O2S2/c1-14(16-10-6-3-7-11-16)27-20-19(25)21(17(23)18(24)22(20)31(26,28)29)30-13-12-15-8-4-2-5-9-15/h2-11,14,27H,12-13H2,1H3,(H2,26,28,29). The Morgan fingerprint density at radius 1 is 0.935 bits per heavy atom. The molecule has 9 heteroatoms. The number of nitrogens with two attached hydrogens (primary N) is 1. The molecule has 164 valence electrons. The monoisotopic (exact) mass is 466 g/mol. The van der Waals surface area contributed by atoms with Crippen molar-refractivity contribution in [3.05, 3.63) is 89.2 Å². The van der Waals surface area contributed by atoms with Crippen LogP contribution in [-0.4, -0.2) is 14.2 Å². The lowest BCUT2D eigenvalue weighted by atomic mass is 10.1. The minimum atomic E-state index is -4.74. The maximum Gasteiger partial charge on any atom is 0.243 e. The highest BCUT2D eigenvalue weighted by Gasteiger charge is 2.31. The number of thioether (sulfide) groups is 1. The van der Waals surface area contributed by atoms with Gasteiger partial charge in [-0.25, -0.2) is 26.7 Å². The van der Waals surface area contributed by atoms with E-state index in [0.717, 1.165) is 17.3 Å². The molecule has 0 aliphatic heterocycles. The number of benzene rings is 3. The summed E-state index contributed by atoms with van der Waals surface area (Å²) in [6.07, 6.45) is 0.492. The fraction of sp³-hybridized carbons (Fsp3) is 0.182. The molecule has 31 heavy (non-hydrogen) atoms. The number of anilines is 1. The summed E-state index contributed by atoms with van der Waals surface area (Å²) in [5.74, 6) is -4.20. The molecule has 0 spiro atoms. The fourth-order valence-corrected chi connectivity index (χ4v) is 4.86. The number of halogens is 3. The van der Waals surface area contributed by atoms with Gasteiger partial charge in [-0.05, 0) is 24.5 Å². The quantitative estimate of drug-likeness (QED) is 0.351. The Labute approximate surface area is 183 Å². The second-order valence-corrected chi connectivity index (χ2v) is 9.48. The molecular weight excluding hydrogens is 445 g/mol. The molecule has 3 N–H and O–H groups in total. The Balaban J connectivity index is 1.98. The smallest absolute Gasteiger partial charge is 0.243 e. The molecule has 0 aromatic heterocycles. The van der Waals surface area contributed by atoms with Gasteiger partial charge < -0.3 is 5.32 Å². The molecule has 0 radical (unpaired) electrons. The van der Waals surface area contributed by atoms with Gasteiger partial charge in [-0.15, -0.1) is 11.8 Å². The second kappa shape index (κ2) is 9.76. The number of hydrogen-bond donors (Lipinski definition) is 2. The van der Waals surface area contributed by atoms with Crippen molar-refractivity contribution >= 4 is 27.5 Å². The van der Waals surface area contributed by atoms with Gasteiger partial charge in [0.2, 0.25) is 10.0 Å². The highest BCUT2D eigenvalue weighted by Crippen LogP contribution is 2.38. The third kappa shape index (κ3) is 5.41. The van der Waals surface area contributed by atoms with Crippen LogP contribution in [0.3, 0.4) is 0 Å². The average Bonchev–Trinajstić information content (AvgIpc) is 2.74. The van der Waals surface area contributed by atoms with Crippen molar-refractivity contribution in [3.63, 3.8) is 0 Å². The van der Waals surface area contributed by atoms with Gasteiger partial charge in [0.25, 0.3) is 0 Å². The molecule has 3 rings (SSSR count). The number of aryl methyl sites for hydroxylation is 1. The number of rotatable bonds is 8. The summed E-state index contributed by atoms with van der Waals surface area (Å²) in [7, 11) is -4.74. The molecule has 4 nitrogen and oxygen atoms in total. The summed E-state index contributed by atoms with van der Waals surface area (Å²) in [5.41, 5.74) is 0.971. The van der Waals surface area contributed by atoms with Crippen molar-refractivity contribution in [3.8, 4) is 0 Å². The molecule has 0 amide bonds. The molecule has 0 heterocycles. The van der Waals surface area contributed by atoms with E-state index in [4.69, 9.17) is 5.14 Å². The highest BCUT2D eigenvalue weighted by molar-refractivity contribution is 7.99. The minimum Gasteiger partial charge on any atom is -0.375 e. The van der Waals surface area contributed by atoms with Gasteiger partial charge in [0.15, 0.2) is 17.5 Å². The predicted octanol–water partition coefficient (Wildman–Crippen LogP) is 5.26. The third-order valence-electron chi connectivity index (χ3n) is 4.66. The first-order valence-corrected chi connectivity index (χ1v) is 11.9. The SMILES string of the molecule is CC(Nc1c(F)c(SCCc2ccccc2)c(F)c(F)c1S(N)(=O)=O)c1ccccc1. The van der Waals surface area contributed by atoms with E-state index in [-0.39, 0.29) is 5.75 Å². The van der Waals surface area contributed by atoms with Crippen LogP contribution in [0.4, 0.5) is 18.9 Å². The van der Waals surface area contributed by atoms with Crippen molar-refractivity contribution in [2.75, 3.05) is 11.1 Å². The van der Waals surface area contributed by atoms with E-state index in [2.05, 4.69) is 5.32 Å². The fourth-order valence-electron chi connectivity index (χ4n) is 3.10. The van der Waals surface area contributed by atoms with E-state index in [1.165, 1.54) is 0 Å². The van der Waals surface area contributed by atoms with Gasteiger partial charge in [0.05, 0.1) is 10.6 Å². The summed E-state index contributed by atoms with van der Waals surface area (Å²) in [4.78, 5) is -1.82. The van der Waals surface area contributed by atoms with Crippen LogP contribution in [0.15, 0.2) is 70.5 Å². The summed E-state index contributed by atoms with van der Waals surface area (Å²) in [6.45, 7) is 1.64. The topological polar surface area (TPSA) is 72.2 Å². The van der Waals surface area contributed by atoms with E-state index in [0.29, 0.717) is 12.0 Å². The summed E-state index contributed by atoms with van der Waals surface area (Å²) in [6, 6.07) is 17.4. The van der Waals surface area contributed by atoms with Crippen LogP contribution in [-0.2, 0) is 16.4 Å². The number of nitrogens with one attached hydrogen (secondary N) is 1. The third-order valence-corrected chi connectivity index (χ3v) is 6.67. The molecule has 3 aromatic rings. The summed E-state index contributed by atoms with van der Waals surface area (Å²) < 4.78 is 68.6. The van der Waals surface area contributed by atoms with Crippen LogP contribution in [0.1, 0.15) is 24.1 Å². The largest absolute Gasteiger partial charge is 0.375 e. The van der Waals surface area contributed by atoms with Crippen molar-refractivity contribution < 1.29 is 21.6 Å². The van der Waals surface area contributed by atoms with Gasteiger partial charge in [-0.1, -0.05) is 60.7 Å². The van der Waals surface area contributed by atoms with Gasteiger partial charge in [-0.3, -0.25) is 0 Å². The van der Waals surface area contributed by atoms with Crippen molar-refractivity contribution in [1.29, 1.82) is 0 Å². The average molecular weight is 467 g/mol. The van der Waals surface area contributed by atoms with Crippen LogP contribution in [0.25, 0.3) is 0 Å². The lowest BCUT2D eigenvalue weighted by Crippen LogP contribution is -2.21. The predicted molar refractivity (Wildman–Crippen MR) is 117 cm³/mol. The number of sulfonamides is 1. The normalized spacial score (nSPS) is 12.5. The summed E-state index contributed by atoms with van der Waals surface area (Å²) in [5, 5.41) is 7.75. The zero-order chi connectivity index (χ0) is 22.6. The zero-order valence-corrected chi connectivity index (χ0v) is 18.2. The van der Waals surface area contributed by atoms with Gasteiger partial charge in [-0.2, -0.15) is 0 Å². The van der Waals surface area contributed by atoms with Crippen LogP contribution in [0, 0.1) is 17.5 Å². The lowest BCUT2D eigenvalue weighted by molar-refractivity contribution is 0.448. The van der Waals surface area contributed by atoms with Gasteiger partial charge >= 0.3 is 0 Å². The molecule has 0 aliphatic rings. The molecule has 1 unspecified atom stereocenters. The maximum absolute atomic E-state index is 15.3. The molecule has 0 saturated carbocycles. The van der Waals surface area contributed by atoms with E-state index in [9.17, 15) is 17.2 Å². The highest BCUT2D eigenvalue weighted by atomic mass is 32.2. The Kier molecular flexibility index (Phi) is 7.30. The minimum absolute atomic E-state index is 0.264. The molecule has 0 aliphatic carbocycles. The Morgan fingerprint density at radius 3 is 2.10 bits per heavy atom. The zero-order valence-electron chi connectivity index (χ0n) is 16.6. The molecular formula is C22H21F3N2O2S2. The summed E-state index contributed by atoms with van der Waals surface area (Å²) >= 11 is 0.773. The van der Waals surface area contributed by atoms with Crippen LogP contribution < -0.4 is 10.5 Å². The number of primary sulfonamides is 1. The van der Waals surface area contributed by atoms with E-state index in [1.54, 1.807) is 37.3 Å². The van der Waals surface area contributed by atoms with Crippen molar-refractivity contribution in [2.45, 2.75) is 29.2 Å². The van der Waals surface area contributed by atoms with Gasteiger partial charge in [0.1, 0.15) is 4.90 Å². The van der Waals surface area contributed by atoms with E-state index < -0.39 is 49.0 Å². The molecule has 0 saturated heterocycles. The van der Waals surface area contributed by atoms with Gasteiger partial charge in [0, 0.05) is 11.8 Å². The van der Waals surface area contributed by atoms with Crippen LogP contribution in [0.5, 0.6) is 0 Å². The Bertz CT molecular complexity index is 1160. The van der Waals surface area contributed by atoms with Crippen LogP contribution in [0.2, 0.25) is 0 Å². The first kappa shape index (κ1) is 23.2. The molecule has 0 fully saturated rings. The molecule has 1 atom stereocenters. The Hall–Kier alpha value is -2.49. The maximum atomic E-state index is 15.3.